The van der Waals surface area contributed by atoms with Gasteiger partial charge in [-0.15, -0.1) is 0 Å². The van der Waals surface area contributed by atoms with Crippen LogP contribution in [0.4, 0.5) is 4.79 Å². The minimum absolute atomic E-state index is 0.101. The predicted molar refractivity (Wildman–Crippen MR) is 77.3 cm³/mol. The number of aromatic nitrogens is 2. The average molecular weight is 266 g/mol. The van der Waals surface area contributed by atoms with Gasteiger partial charge in [-0.3, -0.25) is 4.68 Å². The highest BCUT2D eigenvalue weighted by Crippen LogP contribution is 2.10. The third-order valence-electron chi connectivity index (χ3n) is 3.13. The number of rotatable bonds is 4. The van der Waals surface area contributed by atoms with Crippen LogP contribution in [0.3, 0.4) is 0 Å². The molecule has 0 saturated carbocycles. The van der Waals surface area contributed by atoms with Crippen molar-refractivity contribution in [3.05, 3.63) is 17.0 Å². The zero-order valence-corrected chi connectivity index (χ0v) is 12.9. The van der Waals surface area contributed by atoms with Crippen molar-refractivity contribution in [3.8, 4) is 0 Å². The maximum Gasteiger partial charge on any atom is 0.314 e. The molecule has 0 aromatic carbocycles. The molecule has 0 aliphatic heterocycles. The van der Waals surface area contributed by atoms with Crippen molar-refractivity contribution in [1.82, 2.24) is 20.4 Å². The third-order valence-corrected chi connectivity index (χ3v) is 3.13. The molecule has 1 aromatic heterocycles. The fourth-order valence-corrected chi connectivity index (χ4v) is 1.69. The van der Waals surface area contributed by atoms with Crippen LogP contribution in [-0.4, -0.2) is 28.9 Å². The summed E-state index contributed by atoms with van der Waals surface area (Å²) in [7, 11) is 0. The van der Waals surface area contributed by atoms with Crippen LogP contribution >= 0.6 is 0 Å². The molecule has 1 aromatic rings. The van der Waals surface area contributed by atoms with Crippen molar-refractivity contribution in [2.45, 2.75) is 48.1 Å². The molecule has 0 aliphatic carbocycles. The monoisotopic (exact) mass is 266 g/mol. The molecule has 2 N–H and O–H groups in total. The Morgan fingerprint density at radius 1 is 1.21 bits per heavy atom. The summed E-state index contributed by atoms with van der Waals surface area (Å²) in [6.45, 7) is 14.3. The maximum absolute atomic E-state index is 11.6. The Kier molecular flexibility index (Phi) is 4.97. The van der Waals surface area contributed by atoms with Gasteiger partial charge in [0, 0.05) is 18.8 Å². The molecule has 0 spiro atoms. The van der Waals surface area contributed by atoms with Crippen LogP contribution in [0, 0.1) is 26.2 Å². The summed E-state index contributed by atoms with van der Waals surface area (Å²) in [4.78, 5) is 11.6. The number of carbonyl (C=O) groups is 1. The highest BCUT2D eigenvalue weighted by Gasteiger charge is 2.11. The first-order valence-corrected chi connectivity index (χ1v) is 6.73. The lowest BCUT2D eigenvalue weighted by molar-refractivity contribution is 0.235. The quantitative estimate of drug-likeness (QED) is 0.877. The largest absolute Gasteiger partial charge is 0.338 e. The van der Waals surface area contributed by atoms with E-state index in [4.69, 9.17) is 0 Å². The fraction of sp³-hybridized carbons (Fsp3) is 0.714. The standard InChI is InChI=1S/C14H26N4O/c1-10-11(2)17-18(12(10)3)8-7-15-13(19)16-9-14(4,5)6/h7-9H2,1-6H3,(H2,15,16,19). The highest BCUT2D eigenvalue weighted by molar-refractivity contribution is 5.73. The number of carbonyl (C=O) groups excluding carboxylic acids is 1. The zero-order valence-electron chi connectivity index (χ0n) is 12.9. The molecule has 0 aliphatic rings. The number of nitrogens with one attached hydrogen (secondary N) is 2. The van der Waals surface area contributed by atoms with Gasteiger partial charge in [-0.2, -0.15) is 5.10 Å². The van der Waals surface area contributed by atoms with E-state index in [0.717, 1.165) is 11.4 Å². The second-order valence-electron chi connectivity index (χ2n) is 6.19. The van der Waals surface area contributed by atoms with Crippen LogP contribution in [-0.2, 0) is 6.54 Å². The van der Waals surface area contributed by atoms with Crippen molar-refractivity contribution in [2.24, 2.45) is 5.41 Å². The first-order valence-electron chi connectivity index (χ1n) is 6.73. The summed E-state index contributed by atoms with van der Waals surface area (Å²) in [5.74, 6) is 0. The van der Waals surface area contributed by atoms with E-state index in [9.17, 15) is 4.79 Å². The van der Waals surface area contributed by atoms with Crippen molar-refractivity contribution >= 4 is 6.03 Å². The molecule has 0 atom stereocenters. The summed E-state index contributed by atoms with van der Waals surface area (Å²) in [6, 6.07) is -0.117. The second-order valence-corrected chi connectivity index (χ2v) is 6.19. The summed E-state index contributed by atoms with van der Waals surface area (Å²) in [5.41, 5.74) is 3.53. The summed E-state index contributed by atoms with van der Waals surface area (Å²) >= 11 is 0. The van der Waals surface area contributed by atoms with E-state index in [0.29, 0.717) is 19.6 Å². The molecule has 108 valence electrons. The molecular weight excluding hydrogens is 240 g/mol. The van der Waals surface area contributed by atoms with Crippen LogP contribution in [0.5, 0.6) is 0 Å². The molecule has 0 fully saturated rings. The predicted octanol–water partition coefficient (Wildman–Crippen LogP) is 2.15. The average Bonchev–Trinajstić information content (AvgIpc) is 2.54. The Balaban J connectivity index is 2.34. The number of amides is 2. The Morgan fingerprint density at radius 3 is 2.32 bits per heavy atom. The summed E-state index contributed by atoms with van der Waals surface area (Å²) < 4.78 is 1.94. The van der Waals surface area contributed by atoms with Gasteiger partial charge in [-0.05, 0) is 31.7 Å². The first kappa shape index (κ1) is 15.5. The van der Waals surface area contributed by atoms with Gasteiger partial charge in [0.1, 0.15) is 0 Å². The SMILES string of the molecule is Cc1nn(CCNC(=O)NCC(C)(C)C)c(C)c1C. The van der Waals surface area contributed by atoms with E-state index < -0.39 is 0 Å². The third kappa shape index (κ3) is 4.93. The van der Waals surface area contributed by atoms with Crippen molar-refractivity contribution in [1.29, 1.82) is 0 Å². The molecule has 0 radical (unpaired) electrons. The van der Waals surface area contributed by atoms with Gasteiger partial charge >= 0.3 is 6.03 Å². The Bertz CT molecular complexity index is 443. The van der Waals surface area contributed by atoms with Crippen LogP contribution in [0.15, 0.2) is 0 Å². The molecule has 0 unspecified atom stereocenters. The minimum Gasteiger partial charge on any atom is -0.338 e. The Hall–Kier alpha value is -1.52. The normalized spacial score (nSPS) is 11.5. The van der Waals surface area contributed by atoms with E-state index in [2.05, 4.69) is 50.4 Å². The van der Waals surface area contributed by atoms with Gasteiger partial charge < -0.3 is 10.6 Å². The van der Waals surface area contributed by atoms with Gasteiger partial charge in [0.15, 0.2) is 0 Å². The molecule has 0 saturated heterocycles. The van der Waals surface area contributed by atoms with Crippen LogP contribution < -0.4 is 10.6 Å². The maximum atomic E-state index is 11.6. The number of nitrogens with zero attached hydrogens (tertiary/aromatic N) is 2. The van der Waals surface area contributed by atoms with Gasteiger partial charge in [0.05, 0.1) is 12.2 Å². The molecule has 1 heterocycles. The lowest BCUT2D eigenvalue weighted by atomic mass is 9.97. The lowest BCUT2D eigenvalue weighted by Gasteiger charge is -2.18. The van der Waals surface area contributed by atoms with Crippen LogP contribution in [0.1, 0.15) is 37.7 Å². The van der Waals surface area contributed by atoms with Crippen LogP contribution in [0.2, 0.25) is 0 Å². The van der Waals surface area contributed by atoms with E-state index in [1.54, 1.807) is 0 Å². The van der Waals surface area contributed by atoms with Gasteiger partial charge in [-0.1, -0.05) is 20.8 Å². The van der Waals surface area contributed by atoms with E-state index in [-0.39, 0.29) is 11.4 Å². The minimum atomic E-state index is -0.117. The molecule has 2 amide bonds. The number of hydrogen-bond acceptors (Lipinski definition) is 2. The molecule has 1 rings (SSSR count). The molecular formula is C14H26N4O. The molecule has 5 nitrogen and oxygen atoms in total. The van der Waals surface area contributed by atoms with E-state index in [1.165, 1.54) is 5.56 Å². The van der Waals surface area contributed by atoms with Gasteiger partial charge in [-0.25, -0.2) is 4.79 Å². The van der Waals surface area contributed by atoms with E-state index in [1.807, 2.05) is 11.6 Å². The summed E-state index contributed by atoms with van der Waals surface area (Å²) in [6.07, 6.45) is 0. The zero-order chi connectivity index (χ0) is 14.6. The molecule has 19 heavy (non-hydrogen) atoms. The molecule has 5 heteroatoms. The van der Waals surface area contributed by atoms with Crippen molar-refractivity contribution in [3.63, 3.8) is 0 Å². The number of hydrogen-bond donors (Lipinski definition) is 2. The highest BCUT2D eigenvalue weighted by atomic mass is 16.2. The number of aryl methyl sites for hydroxylation is 1. The second kappa shape index (κ2) is 6.08. The van der Waals surface area contributed by atoms with Gasteiger partial charge in [0.25, 0.3) is 0 Å². The lowest BCUT2D eigenvalue weighted by Crippen LogP contribution is -2.41. The van der Waals surface area contributed by atoms with Crippen molar-refractivity contribution < 1.29 is 4.79 Å². The summed E-state index contributed by atoms with van der Waals surface area (Å²) in [5, 5.41) is 10.1. The fourth-order valence-electron chi connectivity index (χ4n) is 1.69. The van der Waals surface area contributed by atoms with Crippen LogP contribution in [0.25, 0.3) is 0 Å². The van der Waals surface area contributed by atoms with Gasteiger partial charge in [0.2, 0.25) is 0 Å². The smallest absolute Gasteiger partial charge is 0.314 e. The molecule has 0 bridgehead atoms. The van der Waals surface area contributed by atoms with Crippen molar-refractivity contribution in [2.75, 3.05) is 13.1 Å². The topological polar surface area (TPSA) is 59.0 Å². The number of urea groups is 1. The van der Waals surface area contributed by atoms with E-state index >= 15 is 0 Å². The first-order chi connectivity index (χ1) is 8.70. The Labute approximate surface area is 115 Å². The Morgan fingerprint density at radius 2 is 1.84 bits per heavy atom.